The molecule has 0 saturated heterocycles. The number of hydrogen-bond donors (Lipinski definition) is 0. The van der Waals surface area contributed by atoms with E-state index < -0.39 is 11.9 Å². The second-order valence-corrected chi connectivity index (χ2v) is 2.60. The fourth-order valence-electron chi connectivity index (χ4n) is 1.03. The minimum absolute atomic E-state index is 0.351. The van der Waals surface area contributed by atoms with E-state index in [1.54, 1.807) is 24.3 Å². The molecule has 1 aromatic rings. The van der Waals surface area contributed by atoms with Crippen LogP contribution in [0, 0.1) is 0 Å². The van der Waals surface area contributed by atoms with Gasteiger partial charge in [-0.2, -0.15) is 0 Å². The van der Waals surface area contributed by atoms with Crippen LogP contribution >= 0.6 is 0 Å². The Bertz CT molecular complexity index is 317. The van der Waals surface area contributed by atoms with E-state index in [9.17, 15) is 9.59 Å². The van der Waals surface area contributed by atoms with Gasteiger partial charge in [0.15, 0.2) is 0 Å². The number of carbonyl (C=O) groups is 2. The standard InChI is InChI=1S/C9H6O4/c10-8-5-9(11)13-7-2-1-6(12-8)3-4-7/h1-4H,5H2. The monoisotopic (exact) mass is 178 g/mol. The third-order valence-corrected chi connectivity index (χ3v) is 1.58. The van der Waals surface area contributed by atoms with Gasteiger partial charge in [0.1, 0.15) is 17.9 Å². The van der Waals surface area contributed by atoms with Crippen molar-refractivity contribution in [2.75, 3.05) is 0 Å². The van der Waals surface area contributed by atoms with Crippen LogP contribution in [0.2, 0.25) is 0 Å². The molecule has 0 aliphatic carbocycles. The Hall–Kier alpha value is -1.84. The van der Waals surface area contributed by atoms with Crippen LogP contribution in [-0.2, 0) is 9.59 Å². The molecule has 0 saturated carbocycles. The van der Waals surface area contributed by atoms with Gasteiger partial charge >= 0.3 is 11.9 Å². The summed E-state index contributed by atoms with van der Waals surface area (Å²) >= 11 is 0. The van der Waals surface area contributed by atoms with E-state index in [1.807, 2.05) is 0 Å². The minimum atomic E-state index is -0.600. The van der Waals surface area contributed by atoms with Crippen LogP contribution < -0.4 is 9.47 Å². The minimum Gasteiger partial charge on any atom is -0.426 e. The first kappa shape index (κ1) is 7.79. The zero-order valence-corrected chi connectivity index (χ0v) is 6.65. The van der Waals surface area contributed by atoms with E-state index in [2.05, 4.69) is 0 Å². The van der Waals surface area contributed by atoms with Crippen LogP contribution in [0.15, 0.2) is 24.3 Å². The highest BCUT2D eigenvalue weighted by molar-refractivity contribution is 5.93. The highest BCUT2D eigenvalue weighted by Crippen LogP contribution is 2.20. The number of esters is 2. The second kappa shape index (κ2) is 2.90. The molecule has 0 N–H and O–H groups in total. The predicted octanol–water partition coefficient (Wildman–Crippen LogP) is 0.901. The predicted molar refractivity (Wildman–Crippen MR) is 42.3 cm³/mol. The summed E-state index contributed by atoms with van der Waals surface area (Å²) in [5.74, 6) is -0.353. The maximum atomic E-state index is 11.0. The molecular weight excluding hydrogens is 172 g/mol. The highest BCUT2D eigenvalue weighted by Gasteiger charge is 2.16. The fraction of sp³-hybridized carbons (Fsp3) is 0.111. The molecule has 0 spiro atoms. The van der Waals surface area contributed by atoms with Crippen molar-refractivity contribution in [2.45, 2.75) is 6.42 Å². The van der Waals surface area contributed by atoms with Crippen LogP contribution in [0.4, 0.5) is 0 Å². The molecule has 0 amide bonds. The SMILES string of the molecule is O=C1CC(=O)Oc2ccc(cc2)O1. The van der Waals surface area contributed by atoms with Crippen molar-refractivity contribution in [1.82, 2.24) is 0 Å². The number of rotatable bonds is 0. The van der Waals surface area contributed by atoms with Gasteiger partial charge in [0.05, 0.1) is 0 Å². The number of hydrogen-bond acceptors (Lipinski definition) is 4. The van der Waals surface area contributed by atoms with Gasteiger partial charge in [-0.05, 0) is 24.3 Å². The molecule has 4 nitrogen and oxygen atoms in total. The van der Waals surface area contributed by atoms with Crippen molar-refractivity contribution in [3.05, 3.63) is 24.3 Å². The quantitative estimate of drug-likeness (QED) is 0.336. The number of carbonyl (C=O) groups excluding carboxylic acids is 2. The van der Waals surface area contributed by atoms with Gasteiger partial charge in [0.2, 0.25) is 0 Å². The molecule has 0 fully saturated rings. The van der Waals surface area contributed by atoms with Crippen LogP contribution in [-0.4, -0.2) is 11.9 Å². The third-order valence-electron chi connectivity index (χ3n) is 1.58. The molecule has 1 aromatic carbocycles. The lowest BCUT2D eigenvalue weighted by atomic mass is 10.3. The number of benzene rings is 1. The van der Waals surface area contributed by atoms with Gasteiger partial charge in [-0.3, -0.25) is 9.59 Å². The van der Waals surface area contributed by atoms with E-state index >= 15 is 0 Å². The average molecular weight is 178 g/mol. The smallest absolute Gasteiger partial charge is 0.322 e. The van der Waals surface area contributed by atoms with E-state index in [-0.39, 0.29) is 6.42 Å². The van der Waals surface area contributed by atoms with Crippen LogP contribution in [0.1, 0.15) is 6.42 Å². The summed E-state index contributed by atoms with van der Waals surface area (Å²) in [7, 11) is 0. The summed E-state index contributed by atoms with van der Waals surface area (Å²) in [6.45, 7) is 0. The van der Waals surface area contributed by atoms with Crippen LogP contribution in [0.5, 0.6) is 11.5 Å². The molecule has 4 heteroatoms. The number of ether oxygens (including phenoxy) is 2. The first-order valence-corrected chi connectivity index (χ1v) is 3.75. The lowest BCUT2D eigenvalue weighted by Crippen LogP contribution is -2.16. The summed E-state index contributed by atoms with van der Waals surface area (Å²) in [6, 6.07) is 6.30. The lowest BCUT2D eigenvalue weighted by molar-refractivity contribution is -0.143. The summed E-state index contributed by atoms with van der Waals surface area (Å²) in [5, 5.41) is 0. The molecule has 0 unspecified atom stereocenters. The van der Waals surface area contributed by atoms with Crippen molar-refractivity contribution in [3.8, 4) is 11.5 Å². The zero-order chi connectivity index (χ0) is 9.26. The molecule has 66 valence electrons. The Balaban J connectivity index is 2.38. The van der Waals surface area contributed by atoms with Gasteiger partial charge in [0.25, 0.3) is 0 Å². The second-order valence-electron chi connectivity index (χ2n) is 2.60. The van der Waals surface area contributed by atoms with Crippen molar-refractivity contribution >= 4 is 11.9 Å². The maximum Gasteiger partial charge on any atom is 0.322 e. The summed E-state index contributed by atoms with van der Waals surface area (Å²) in [6.07, 6.45) is -0.351. The van der Waals surface area contributed by atoms with Gasteiger partial charge in [-0.1, -0.05) is 0 Å². The molecule has 2 aliphatic rings. The van der Waals surface area contributed by atoms with Crippen molar-refractivity contribution in [3.63, 3.8) is 0 Å². The van der Waals surface area contributed by atoms with Crippen LogP contribution in [0.3, 0.4) is 0 Å². The normalized spacial score (nSPS) is 15.4. The van der Waals surface area contributed by atoms with E-state index in [1.165, 1.54) is 0 Å². The molecule has 0 atom stereocenters. The Kier molecular flexibility index (Phi) is 1.73. The van der Waals surface area contributed by atoms with Gasteiger partial charge in [-0.15, -0.1) is 0 Å². The third kappa shape index (κ3) is 1.66. The molecule has 13 heavy (non-hydrogen) atoms. The van der Waals surface area contributed by atoms with E-state index in [4.69, 9.17) is 9.47 Å². The average Bonchev–Trinajstić information content (AvgIpc) is 2.16. The van der Waals surface area contributed by atoms with Crippen molar-refractivity contribution in [2.24, 2.45) is 0 Å². The summed E-state index contributed by atoms with van der Waals surface area (Å²) < 4.78 is 9.64. The largest absolute Gasteiger partial charge is 0.426 e. The van der Waals surface area contributed by atoms with E-state index in [0.717, 1.165) is 0 Å². The Morgan fingerprint density at radius 1 is 0.846 bits per heavy atom. The Morgan fingerprint density at radius 2 is 1.23 bits per heavy atom. The Morgan fingerprint density at radius 3 is 1.62 bits per heavy atom. The summed E-state index contributed by atoms with van der Waals surface area (Å²) in [5.41, 5.74) is 0. The lowest BCUT2D eigenvalue weighted by Gasteiger charge is -1.98. The molecule has 3 rings (SSSR count). The Labute approximate surface area is 74.1 Å². The molecule has 0 radical (unpaired) electrons. The zero-order valence-electron chi connectivity index (χ0n) is 6.65. The first-order chi connectivity index (χ1) is 6.24. The molecular formula is C9H6O4. The van der Waals surface area contributed by atoms with Gasteiger partial charge in [-0.25, -0.2) is 0 Å². The highest BCUT2D eigenvalue weighted by atomic mass is 16.6. The molecule has 0 aromatic heterocycles. The molecule has 2 heterocycles. The summed E-state index contributed by atoms with van der Waals surface area (Å²) in [4.78, 5) is 21.9. The fourth-order valence-corrected chi connectivity index (χ4v) is 1.03. The van der Waals surface area contributed by atoms with E-state index in [0.29, 0.717) is 11.5 Å². The van der Waals surface area contributed by atoms with Gasteiger partial charge in [0, 0.05) is 0 Å². The number of fused-ring (bicyclic) bond motifs is 6. The van der Waals surface area contributed by atoms with Crippen molar-refractivity contribution in [1.29, 1.82) is 0 Å². The van der Waals surface area contributed by atoms with Crippen molar-refractivity contribution < 1.29 is 19.1 Å². The topological polar surface area (TPSA) is 52.6 Å². The van der Waals surface area contributed by atoms with Crippen LogP contribution in [0.25, 0.3) is 0 Å². The first-order valence-electron chi connectivity index (χ1n) is 3.75. The molecule has 2 aliphatic heterocycles. The van der Waals surface area contributed by atoms with Gasteiger partial charge < -0.3 is 9.47 Å². The maximum absolute atomic E-state index is 11.0. The molecule has 2 bridgehead atoms.